The Morgan fingerprint density at radius 3 is 2.63 bits per heavy atom. The number of nitrogens with zero attached hydrogens (tertiary/aromatic N) is 1. The molecule has 0 atom stereocenters. The van der Waals surface area contributed by atoms with Crippen molar-refractivity contribution in [2.45, 2.75) is 12.8 Å². The van der Waals surface area contributed by atoms with Crippen molar-refractivity contribution in [3.05, 3.63) is 42.5 Å². The monoisotopic (exact) mass is 257 g/mol. The van der Waals surface area contributed by atoms with Gasteiger partial charge in [0.15, 0.2) is 0 Å². The van der Waals surface area contributed by atoms with Crippen LogP contribution in [0, 0.1) is 0 Å². The lowest BCUT2D eigenvalue weighted by Crippen LogP contribution is -2.21. The highest BCUT2D eigenvalue weighted by Crippen LogP contribution is 2.25. The van der Waals surface area contributed by atoms with Gasteiger partial charge in [-0.25, -0.2) is 0 Å². The molecule has 0 saturated carbocycles. The van der Waals surface area contributed by atoms with Crippen LogP contribution in [0.3, 0.4) is 0 Å². The number of fused-ring (bicyclic) bond motifs is 1. The molecule has 0 unspecified atom stereocenters. The molecule has 0 aliphatic heterocycles. The normalized spacial score (nSPS) is 10.4. The second-order valence-corrected chi connectivity index (χ2v) is 4.72. The fourth-order valence-electron chi connectivity index (χ4n) is 1.95. The van der Waals surface area contributed by atoms with Crippen molar-refractivity contribution in [3.63, 3.8) is 0 Å². The first-order valence-corrected chi connectivity index (χ1v) is 6.49. The molecule has 100 valence electrons. The number of hydrogen-bond acceptors (Lipinski definition) is 2. The van der Waals surface area contributed by atoms with Crippen molar-refractivity contribution in [2.24, 2.45) is 0 Å². The zero-order valence-corrected chi connectivity index (χ0v) is 11.4. The predicted molar refractivity (Wildman–Crippen MR) is 77.4 cm³/mol. The fraction of sp³-hybridized carbons (Fsp3) is 0.312. The van der Waals surface area contributed by atoms with Gasteiger partial charge in [0.25, 0.3) is 0 Å². The van der Waals surface area contributed by atoms with Crippen LogP contribution >= 0.6 is 0 Å². The van der Waals surface area contributed by atoms with Crippen LogP contribution in [0.4, 0.5) is 0 Å². The molecule has 1 amide bonds. The first kappa shape index (κ1) is 13.4. The molecule has 0 bridgehead atoms. The van der Waals surface area contributed by atoms with Gasteiger partial charge in [-0.3, -0.25) is 4.79 Å². The van der Waals surface area contributed by atoms with Gasteiger partial charge >= 0.3 is 0 Å². The number of carbonyl (C=O) groups excluding carboxylic acids is 1. The van der Waals surface area contributed by atoms with Crippen molar-refractivity contribution in [2.75, 3.05) is 20.7 Å². The van der Waals surface area contributed by atoms with Crippen LogP contribution in [-0.4, -0.2) is 31.5 Å². The van der Waals surface area contributed by atoms with Crippen molar-refractivity contribution >= 4 is 16.7 Å². The van der Waals surface area contributed by atoms with Crippen LogP contribution in [0.5, 0.6) is 5.75 Å². The molecule has 2 rings (SSSR count). The number of rotatable bonds is 5. The van der Waals surface area contributed by atoms with Crippen LogP contribution in [0.25, 0.3) is 10.8 Å². The quantitative estimate of drug-likeness (QED) is 0.770. The minimum atomic E-state index is 0.140. The van der Waals surface area contributed by atoms with E-state index in [2.05, 4.69) is 18.2 Å². The van der Waals surface area contributed by atoms with E-state index in [1.165, 1.54) is 5.39 Å². The molecule has 0 aliphatic carbocycles. The molecule has 0 aliphatic rings. The highest BCUT2D eigenvalue weighted by molar-refractivity contribution is 5.88. The van der Waals surface area contributed by atoms with Gasteiger partial charge in [0.05, 0.1) is 6.61 Å². The Hall–Kier alpha value is -2.03. The minimum Gasteiger partial charge on any atom is -0.493 e. The Balaban J connectivity index is 1.93. The van der Waals surface area contributed by atoms with Crippen molar-refractivity contribution < 1.29 is 9.53 Å². The molecule has 0 heterocycles. The van der Waals surface area contributed by atoms with Gasteiger partial charge in [-0.15, -0.1) is 0 Å². The third-order valence-corrected chi connectivity index (χ3v) is 3.04. The van der Waals surface area contributed by atoms with Crippen LogP contribution < -0.4 is 4.74 Å². The Morgan fingerprint density at radius 2 is 1.84 bits per heavy atom. The predicted octanol–water partition coefficient (Wildman–Crippen LogP) is 3.09. The summed E-state index contributed by atoms with van der Waals surface area (Å²) in [4.78, 5) is 13.0. The second kappa shape index (κ2) is 6.23. The standard InChI is InChI=1S/C16H19NO2/c1-17(2)16(18)11-6-12-19-15-10-5-8-13-7-3-4-9-14(13)15/h3-5,7-10H,6,11-12H2,1-2H3. The number of amides is 1. The molecule has 2 aromatic carbocycles. The zero-order valence-electron chi connectivity index (χ0n) is 11.4. The summed E-state index contributed by atoms with van der Waals surface area (Å²) in [5.74, 6) is 1.02. The number of carbonyl (C=O) groups is 1. The summed E-state index contributed by atoms with van der Waals surface area (Å²) in [5.41, 5.74) is 0. The summed E-state index contributed by atoms with van der Waals surface area (Å²) < 4.78 is 5.78. The summed E-state index contributed by atoms with van der Waals surface area (Å²) in [6.45, 7) is 0.563. The first-order chi connectivity index (χ1) is 9.18. The van der Waals surface area contributed by atoms with E-state index >= 15 is 0 Å². The Kier molecular flexibility index (Phi) is 4.39. The Morgan fingerprint density at radius 1 is 1.11 bits per heavy atom. The van der Waals surface area contributed by atoms with Gasteiger partial charge in [0, 0.05) is 25.9 Å². The SMILES string of the molecule is CN(C)C(=O)CCCOc1cccc2ccccc12. The molecule has 0 spiro atoms. The highest BCUT2D eigenvalue weighted by atomic mass is 16.5. The molecule has 2 aromatic rings. The largest absolute Gasteiger partial charge is 0.493 e. The maximum Gasteiger partial charge on any atom is 0.222 e. The van der Waals surface area contributed by atoms with E-state index in [0.29, 0.717) is 13.0 Å². The third-order valence-electron chi connectivity index (χ3n) is 3.04. The number of hydrogen-bond donors (Lipinski definition) is 0. The second-order valence-electron chi connectivity index (χ2n) is 4.72. The summed E-state index contributed by atoms with van der Waals surface area (Å²) in [5, 5.41) is 2.29. The van der Waals surface area contributed by atoms with E-state index in [-0.39, 0.29) is 5.91 Å². The first-order valence-electron chi connectivity index (χ1n) is 6.49. The van der Waals surface area contributed by atoms with Gasteiger partial charge in [-0.1, -0.05) is 36.4 Å². The number of benzene rings is 2. The molecule has 0 N–H and O–H groups in total. The zero-order chi connectivity index (χ0) is 13.7. The van der Waals surface area contributed by atoms with Crippen molar-refractivity contribution in [3.8, 4) is 5.75 Å². The molecule has 0 saturated heterocycles. The van der Waals surface area contributed by atoms with E-state index < -0.39 is 0 Å². The maximum atomic E-state index is 11.4. The molecule has 0 radical (unpaired) electrons. The summed E-state index contributed by atoms with van der Waals surface area (Å²) in [7, 11) is 3.54. The van der Waals surface area contributed by atoms with Crippen LogP contribution in [0.1, 0.15) is 12.8 Å². The van der Waals surface area contributed by atoms with Crippen molar-refractivity contribution in [1.82, 2.24) is 4.90 Å². The fourth-order valence-corrected chi connectivity index (χ4v) is 1.95. The molecular formula is C16H19NO2. The Labute approximate surface area is 113 Å². The lowest BCUT2D eigenvalue weighted by molar-refractivity contribution is -0.128. The maximum absolute atomic E-state index is 11.4. The molecule has 0 aromatic heterocycles. The topological polar surface area (TPSA) is 29.5 Å². The van der Waals surface area contributed by atoms with Gasteiger partial charge in [-0.05, 0) is 17.9 Å². The van der Waals surface area contributed by atoms with Crippen molar-refractivity contribution in [1.29, 1.82) is 0 Å². The van der Waals surface area contributed by atoms with Crippen LogP contribution in [0.15, 0.2) is 42.5 Å². The van der Waals surface area contributed by atoms with E-state index in [9.17, 15) is 4.79 Å². The lowest BCUT2D eigenvalue weighted by atomic mass is 10.1. The van der Waals surface area contributed by atoms with E-state index in [4.69, 9.17) is 4.74 Å². The molecule has 3 nitrogen and oxygen atoms in total. The summed E-state index contributed by atoms with van der Waals surface area (Å²) >= 11 is 0. The average Bonchev–Trinajstić information content (AvgIpc) is 2.43. The highest BCUT2D eigenvalue weighted by Gasteiger charge is 2.04. The lowest BCUT2D eigenvalue weighted by Gasteiger charge is -2.11. The molecule has 0 fully saturated rings. The smallest absolute Gasteiger partial charge is 0.222 e. The Bertz CT molecular complexity index is 558. The van der Waals surface area contributed by atoms with Crippen LogP contribution in [0.2, 0.25) is 0 Å². The number of ether oxygens (including phenoxy) is 1. The van der Waals surface area contributed by atoms with Gasteiger partial charge in [0.2, 0.25) is 5.91 Å². The third kappa shape index (κ3) is 3.47. The van der Waals surface area contributed by atoms with E-state index in [1.807, 2.05) is 24.3 Å². The van der Waals surface area contributed by atoms with E-state index in [0.717, 1.165) is 17.6 Å². The molecule has 3 heteroatoms. The van der Waals surface area contributed by atoms with E-state index in [1.54, 1.807) is 19.0 Å². The minimum absolute atomic E-state index is 0.140. The molecule has 19 heavy (non-hydrogen) atoms. The van der Waals surface area contributed by atoms with Gasteiger partial charge in [0.1, 0.15) is 5.75 Å². The van der Waals surface area contributed by atoms with Gasteiger partial charge < -0.3 is 9.64 Å². The van der Waals surface area contributed by atoms with Gasteiger partial charge in [-0.2, -0.15) is 0 Å². The average molecular weight is 257 g/mol. The summed E-state index contributed by atoms with van der Waals surface area (Å²) in [6.07, 6.45) is 1.26. The summed E-state index contributed by atoms with van der Waals surface area (Å²) in [6, 6.07) is 14.2. The molecular weight excluding hydrogens is 238 g/mol. The van der Waals surface area contributed by atoms with Crippen LogP contribution in [-0.2, 0) is 4.79 Å².